The Morgan fingerprint density at radius 1 is 1.07 bits per heavy atom. The number of ether oxygens (including phenoxy) is 1. The zero-order chi connectivity index (χ0) is 21.7. The van der Waals surface area contributed by atoms with Gasteiger partial charge in [-0.05, 0) is 55.0 Å². The van der Waals surface area contributed by atoms with Crippen LogP contribution in [0.2, 0.25) is 5.02 Å². The summed E-state index contributed by atoms with van der Waals surface area (Å²) >= 11 is 5.86. The molecule has 1 aromatic heterocycles. The highest BCUT2D eigenvalue weighted by Crippen LogP contribution is 2.38. The van der Waals surface area contributed by atoms with Gasteiger partial charge in [-0.15, -0.1) is 0 Å². The summed E-state index contributed by atoms with van der Waals surface area (Å²) in [7, 11) is 1.52. The second-order valence-electron chi connectivity index (χ2n) is 6.46. The van der Waals surface area contributed by atoms with Gasteiger partial charge in [0.15, 0.2) is 5.82 Å². The van der Waals surface area contributed by atoms with Gasteiger partial charge < -0.3 is 15.0 Å². The molecule has 2 aromatic carbocycles. The predicted molar refractivity (Wildman–Crippen MR) is 112 cm³/mol. The normalized spacial score (nSPS) is 11.3. The van der Waals surface area contributed by atoms with E-state index in [0.29, 0.717) is 28.8 Å². The van der Waals surface area contributed by atoms with Crippen LogP contribution >= 0.6 is 11.6 Å². The Morgan fingerprint density at radius 2 is 1.73 bits per heavy atom. The van der Waals surface area contributed by atoms with E-state index in [2.05, 4.69) is 15.3 Å². The number of benzene rings is 2. The van der Waals surface area contributed by atoms with E-state index in [4.69, 9.17) is 16.3 Å². The second-order valence-corrected chi connectivity index (χ2v) is 6.90. The minimum absolute atomic E-state index is 0.0371. The van der Waals surface area contributed by atoms with Gasteiger partial charge in [-0.25, -0.2) is 4.98 Å². The molecule has 3 aromatic rings. The molecule has 0 aliphatic heterocycles. The molecule has 9 heteroatoms. The van der Waals surface area contributed by atoms with E-state index in [1.54, 1.807) is 48.5 Å². The first-order chi connectivity index (χ1) is 14.3. The zero-order valence-corrected chi connectivity index (χ0v) is 17.1. The third kappa shape index (κ3) is 5.33. The van der Waals surface area contributed by atoms with Crippen LogP contribution in [-0.4, -0.2) is 23.6 Å². The number of halogens is 4. The number of nitrogens with zero attached hydrogens (tertiary/aromatic N) is 3. The molecule has 1 N–H and O–H groups in total. The van der Waals surface area contributed by atoms with Crippen molar-refractivity contribution < 1.29 is 17.9 Å². The van der Waals surface area contributed by atoms with E-state index < -0.39 is 11.7 Å². The quantitative estimate of drug-likeness (QED) is 0.461. The smallest absolute Gasteiger partial charge is 0.421 e. The first-order valence-electron chi connectivity index (χ1n) is 9.21. The van der Waals surface area contributed by atoms with Crippen LogP contribution in [0.4, 0.5) is 36.3 Å². The molecule has 0 atom stereocenters. The summed E-state index contributed by atoms with van der Waals surface area (Å²) in [6, 6.07) is 13.5. The topological polar surface area (TPSA) is 50.3 Å². The van der Waals surface area contributed by atoms with Crippen molar-refractivity contribution in [2.45, 2.75) is 19.5 Å². The molecule has 0 unspecified atom stereocenters. The summed E-state index contributed by atoms with van der Waals surface area (Å²) in [6.07, 6.45) is -2.97. The highest BCUT2D eigenvalue weighted by molar-refractivity contribution is 6.30. The summed E-state index contributed by atoms with van der Waals surface area (Å²) in [5.41, 5.74) is 0.198. The van der Waals surface area contributed by atoms with Gasteiger partial charge in [-0.2, -0.15) is 18.2 Å². The average molecular weight is 437 g/mol. The van der Waals surface area contributed by atoms with E-state index in [1.165, 1.54) is 11.9 Å². The number of hydrogen-bond donors (Lipinski definition) is 1. The number of aromatic nitrogens is 2. The fourth-order valence-electron chi connectivity index (χ4n) is 2.66. The van der Waals surface area contributed by atoms with Crippen molar-refractivity contribution in [1.29, 1.82) is 0 Å². The lowest BCUT2D eigenvalue weighted by atomic mass is 10.2. The van der Waals surface area contributed by atoms with Crippen LogP contribution in [0.15, 0.2) is 54.7 Å². The van der Waals surface area contributed by atoms with Gasteiger partial charge in [0.2, 0.25) is 5.95 Å². The van der Waals surface area contributed by atoms with Crippen LogP contribution in [-0.2, 0) is 6.18 Å². The van der Waals surface area contributed by atoms with E-state index >= 15 is 0 Å². The Hall–Kier alpha value is -3.00. The first-order valence-corrected chi connectivity index (χ1v) is 9.59. The van der Waals surface area contributed by atoms with Crippen molar-refractivity contribution in [3.05, 3.63) is 65.3 Å². The van der Waals surface area contributed by atoms with Gasteiger partial charge in [0.05, 0.1) is 6.61 Å². The molecule has 3 rings (SSSR count). The molecular weight excluding hydrogens is 417 g/mol. The molecule has 0 aliphatic carbocycles. The Bertz CT molecular complexity index is 979. The minimum Gasteiger partial charge on any atom is -0.494 e. The van der Waals surface area contributed by atoms with Crippen molar-refractivity contribution in [1.82, 2.24) is 9.97 Å². The summed E-state index contributed by atoms with van der Waals surface area (Å²) in [5, 5.41) is 3.44. The number of anilines is 4. The van der Waals surface area contributed by atoms with E-state index in [9.17, 15) is 13.2 Å². The fraction of sp³-hybridized carbons (Fsp3) is 0.238. The SMILES string of the molecule is CCCOc1ccc(N(C)c2nc(Nc3ccc(Cl)cc3)ncc2C(F)(F)F)cc1. The van der Waals surface area contributed by atoms with Crippen LogP contribution < -0.4 is 15.0 Å². The third-order valence-electron chi connectivity index (χ3n) is 4.19. The lowest BCUT2D eigenvalue weighted by Crippen LogP contribution is -2.19. The summed E-state index contributed by atoms with van der Waals surface area (Å²) in [4.78, 5) is 9.31. The average Bonchev–Trinajstić information content (AvgIpc) is 2.73. The van der Waals surface area contributed by atoms with Crippen molar-refractivity contribution in [2.24, 2.45) is 0 Å². The van der Waals surface area contributed by atoms with Crippen LogP contribution in [0.25, 0.3) is 0 Å². The maximum absolute atomic E-state index is 13.6. The van der Waals surface area contributed by atoms with Crippen LogP contribution in [0.5, 0.6) is 5.75 Å². The molecule has 0 aliphatic rings. The molecule has 30 heavy (non-hydrogen) atoms. The molecule has 0 radical (unpaired) electrons. The molecule has 158 valence electrons. The maximum Gasteiger partial charge on any atom is 0.421 e. The number of rotatable bonds is 7. The van der Waals surface area contributed by atoms with Crippen molar-refractivity contribution in [3.8, 4) is 5.75 Å². The Kier molecular flexibility index (Phi) is 6.66. The van der Waals surface area contributed by atoms with E-state index in [1.807, 2.05) is 6.92 Å². The lowest BCUT2D eigenvalue weighted by molar-refractivity contribution is -0.137. The second kappa shape index (κ2) is 9.21. The number of alkyl halides is 3. The van der Waals surface area contributed by atoms with Gasteiger partial charge in [-0.3, -0.25) is 0 Å². The largest absolute Gasteiger partial charge is 0.494 e. The summed E-state index contributed by atoms with van der Waals surface area (Å²) in [5.74, 6) is 0.420. The van der Waals surface area contributed by atoms with Crippen molar-refractivity contribution in [2.75, 3.05) is 23.9 Å². The lowest BCUT2D eigenvalue weighted by Gasteiger charge is -2.23. The van der Waals surface area contributed by atoms with Gasteiger partial charge >= 0.3 is 6.18 Å². The predicted octanol–water partition coefficient (Wildman–Crippen LogP) is 6.45. The molecule has 1 heterocycles. The summed E-state index contributed by atoms with van der Waals surface area (Å²) < 4.78 is 46.2. The molecule has 0 saturated carbocycles. The Balaban J connectivity index is 1.92. The van der Waals surface area contributed by atoms with Crippen molar-refractivity contribution >= 4 is 34.7 Å². The van der Waals surface area contributed by atoms with Gasteiger partial charge in [0, 0.05) is 29.6 Å². The standard InChI is InChI=1S/C21H20ClF3N4O/c1-3-12-30-17-10-8-16(9-11-17)29(2)19-18(21(23,24)25)13-26-20(28-19)27-15-6-4-14(22)5-7-15/h4-11,13H,3,12H2,1-2H3,(H,26,27,28). The van der Waals surface area contributed by atoms with Crippen LogP contribution in [0.3, 0.4) is 0 Å². The van der Waals surface area contributed by atoms with E-state index in [-0.39, 0.29) is 11.8 Å². The van der Waals surface area contributed by atoms with Crippen molar-refractivity contribution in [3.63, 3.8) is 0 Å². The van der Waals surface area contributed by atoms with Gasteiger partial charge in [-0.1, -0.05) is 18.5 Å². The van der Waals surface area contributed by atoms with Gasteiger partial charge in [0.25, 0.3) is 0 Å². The zero-order valence-electron chi connectivity index (χ0n) is 16.4. The van der Waals surface area contributed by atoms with Crippen LogP contribution in [0, 0.1) is 0 Å². The molecule has 5 nitrogen and oxygen atoms in total. The monoisotopic (exact) mass is 436 g/mol. The first kappa shape index (κ1) is 21.7. The molecule has 0 bridgehead atoms. The molecule has 0 amide bonds. The maximum atomic E-state index is 13.6. The highest BCUT2D eigenvalue weighted by atomic mass is 35.5. The Labute approximate surface area is 177 Å². The fourth-order valence-corrected chi connectivity index (χ4v) is 2.79. The number of hydrogen-bond acceptors (Lipinski definition) is 5. The number of nitrogens with one attached hydrogen (secondary N) is 1. The molecular formula is C21H20ClF3N4O. The third-order valence-corrected chi connectivity index (χ3v) is 4.44. The molecule has 0 spiro atoms. The summed E-state index contributed by atoms with van der Waals surface area (Å²) in [6.45, 7) is 2.56. The molecule has 0 saturated heterocycles. The van der Waals surface area contributed by atoms with E-state index in [0.717, 1.165) is 12.6 Å². The Morgan fingerprint density at radius 3 is 2.33 bits per heavy atom. The minimum atomic E-state index is -4.60. The highest BCUT2D eigenvalue weighted by Gasteiger charge is 2.36. The van der Waals surface area contributed by atoms with Gasteiger partial charge in [0.1, 0.15) is 11.3 Å². The molecule has 0 fully saturated rings. The van der Waals surface area contributed by atoms with Crippen LogP contribution in [0.1, 0.15) is 18.9 Å².